The molecular formula is C23H33FN6O2. The molecule has 0 aliphatic heterocycles. The van der Waals surface area contributed by atoms with Crippen LogP contribution in [0.15, 0.2) is 35.4 Å². The van der Waals surface area contributed by atoms with Crippen LogP contribution in [0, 0.1) is 12.7 Å². The number of hydrogen-bond donors (Lipinski definition) is 3. The minimum absolute atomic E-state index is 0.114. The predicted octanol–water partition coefficient (Wildman–Crippen LogP) is 3.23. The van der Waals surface area contributed by atoms with Gasteiger partial charge < -0.3 is 15.8 Å². The van der Waals surface area contributed by atoms with Gasteiger partial charge in [0, 0.05) is 24.8 Å². The van der Waals surface area contributed by atoms with Crippen LogP contribution in [-0.2, 0) is 6.54 Å². The first kappa shape index (κ1) is 25.1. The van der Waals surface area contributed by atoms with E-state index in [9.17, 15) is 9.18 Å². The first-order valence-corrected chi connectivity index (χ1v) is 10.7. The molecule has 0 spiro atoms. The predicted molar refractivity (Wildman–Crippen MR) is 123 cm³/mol. The Balaban J connectivity index is 0.000000520. The second-order valence-electron chi connectivity index (χ2n) is 7.71. The fourth-order valence-electron chi connectivity index (χ4n) is 3.31. The highest BCUT2D eigenvalue weighted by Gasteiger charge is 2.12. The number of halogens is 1. The van der Waals surface area contributed by atoms with Crippen molar-refractivity contribution < 1.29 is 13.9 Å². The average Bonchev–Trinajstić information content (AvgIpc) is 2.79. The van der Waals surface area contributed by atoms with Crippen LogP contribution in [0.25, 0.3) is 0 Å². The van der Waals surface area contributed by atoms with E-state index in [4.69, 9.17) is 16.3 Å². The van der Waals surface area contributed by atoms with Gasteiger partial charge >= 0.3 is 0 Å². The van der Waals surface area contributed by atoms with Crippen molar-refractivity contribution in [1.82, 2.24) is 15.4 Å². The fraction of sp³-hybridized carbons (Fsp3) is 0.435. The van der Waals surface area contributed by atoms with Crippen LogP contribution in [0.1, 0.15) is 65.8 Å². The molecule has 1 amide bonds. The quantitative estimate of drug-likeness (QED) is 0.272. The SMILES string of the molecule is C1CCCCC1.COc1cc(CNC(=O)c2cc(/C(N)=N/N(C)N)cc(C)n2)ccc1F. The Bertz CT molecular complexity index is 917. The average molecular weight is 445 g/mol. The molecule has 1 heterocycles. The van der Waals surface area contributed by atoms with Crippen LogP contribution >= 0.6 is 0 Å². The van der Waals surface area contributed by atoms with Gasteiger partial charge in [0.05, 0.1) is 7.11 Å². The number of amides is 1. The Kier molecular flexibility index (Phi) is 9.87. The molecule has 1 saturated carbocycles. The van der Waals surface area contributed by atoms with Crippen molar-refractivity contribution in [2.75, 3.05) is 14.2 Å². The van der Waals surface area contributed by atoms with E-state index in [1.54, 1.807) is 19.1 Å². The lowest BCUT2D eigenvalue weighted by molar-refractivity contribution is 0.0945. The van der Waals surface area contributed by atoms with Crippen molar-refractivity contribution in [3.63, 3.8) is 0 Å². The maximum absolute atomic E-state index is 13.4. The van der Waals surface area contributed by atoms with E-state index >= 15 is 0 Å². The number of methoxy groups -OCH3 is 1. The van der Waals surface area contributed by atoms with Crippen LogP contribution in [0.3, 0.4) is 0 Å². The summed E-state index contributed by atoms with van der Waals surface area (Å²) in [4.78, 5) is 16.6. The summed E-state index contributed by atoms with van der Waals surface area (Å²) in [6.45, 7) is 1.93. The van der Waals surface area contributed by atoms with Crippen molar-refractivity contribution in [2.24, 2.45) is 16.7 Å². The number of aryl methyl sites for hydroxylation is 1. The molecule has 1 aromatic heterocycles. The lowest BCUT2D eigenvalue weighted by atomic mass is 10.0. The molecule has 0 saturated heterocycles. The van der Waals surface area contributed by atoms with Crippen LogP contribution in [0.4, 0.5) is 4.39 Å². The topological polar surface area (TPSA) is 119 Å². The minimum atomic E-state index is -0.466. The molecule has 1 aromatic carbocycles. The third-order valence-corrected chi connectivity index (χ3v) is 4.92. The Morgan fingerprint density at radius 1 is 1.19 bits per heavy atom. The van der Waals surface area contributed by atoms with E-state index in [0.29, 0.717) is 16.8 Å². The van der Waals surface area contributed by atoms with E-state index in [-0.39, 0.29) is 23.8 Å². The van der Waals surface area contributed by atoms with E-state index in [1.807, 2.05) is 0 Å². The van der Waals surface area contributed by atoms with Gasteiger partial charge in [-0.2, -0.15) is 0 Å². The molecule has 2 aromatic rings. The third-order valence-electron chi connectivity index (χ3n) is 4.92. The number of rotatable bonds is 6. The van der Waals surface area contributed by atoms with Crippen molar-refractivity contribution in [3.05, 3.63) is 58.7 Å². The third kappa shape index (κ3) is 8.14. The Morgan fingerprint density at radius 2 is 1.81 bits per heavy atom. The van der Waals surface area contributed by atoms with E-state index in [1.165, 1.54) is 70.9 Å². The van der Waals surface area contributed by atoms with Crippen molar-refractivity contribution in [1.29, 1.82) is 0 Å². The standard InChI is InChI=1S/C17H21FN6O2.C6H12/c1-10-6-12(16(19)23-24(2)20)8-14(22-10)17(25)21-9-11-4-5-13(18)15(7-11)26-3;1-2-4-6-5-3-1/h4-8H,9,20H2,1-3H3,(H2,19,23)(H,21,25);1-6H2. The number of nitrogens with two attached hydrogens (primary N) is 2. The number of hydrazone groups is 1. The summed E-state index contributed by atoms with van der Waals surface area (Å²) < 4.78 is 18.4. The van der Waals surface area contributed by atoms with Crippen molar-refractivity contribution in [2.45, 2.75) is 52.0 Å². The number of carbonyl (C=O) groups is 1. The summed E-state index contributed by atoms with van der Waals surface area (Å²) >= 11 is 0. The molecule has 174 valence electrons. The second kappa shape index (κ2) is 12.6. The molecule has 9 heteroatoms. The zero-order valence-corrected chi connectivity index (χ0v) is 19.0. The zero-order valence-electron chi connectivity index (χ0n) is 19.0. The highest BCUT2D eigenvalue weighted by molar-refractivity contribution is 6.00. The summed E-state index contributed by atoms with van der Waals surface area (Å²) in [5.74, 6) is 4.86. The fourth-order valence-corrected chi connectivity index (χ4v) is 3.31. The number of nitrogens with zero attached hydrogens (tertiary/aromatic N) is 3. The summed E-state index contributed by atoms with van der Waals surface area (Å²) in [5.41, 5.74) is 7.88. The van der Waals surface area contributed by atoms with Gasteiger partial charge in [-0.1, -0.05) is 44.6 Å². The molecule has 0 radical (unpaired) electrons. The molecule has 3 rings (SSSR count). The Hall–Kier alpha value is -3.20. The number of hydrogen-bond acceptors (Lipinski definition) is 6. The van der Waals surface area contributed by atoms with Crippen LogP contribution < -0.4 is 21.6 Å². The Labute approximate surface area is 188 Å². The number of amidine groups is 1. The molecule has 1 fully saturated rings. The van der Waals surface area contributed by atoms with Gasteiger partial charge in [0.1, 0.15) is 5.69 Å². The second-order valence-corrected chi connectivity index (χ2v) is 7.71. The van der Waals surface area contributed by atoms with Crippen LogP contribution in [0.5, 0.6) is 5.75 Å². The van der Waals surface area contributed by atoms with Gasteiger partial charge in [0.25, 0.3) is 5.91 Å². The summed E-state index contributed by atoms with van der Waals surface area (Å²) in [5, 5.41) is 7.71. The normalized spacial score (nSPS) is 13.6. The van der Waals surface area contributed by atoms with E-state index < -0.39 is 11.7 Å². The highest BCUT2D eigenvalue weighted by atomic mass is 19.1. The molecule has 1 aliphatic carbocycles. The largest absolute Gasteiger partial charge is 0.494 e. The molecule has 5 N–H and O–H groups in total. The maximum Gasteiger partial charge on any atom is 0.270 e. The van der Waals surface area contributed by atoms with Crippen LogP contribution in [-0.4, -0.2) is 36.0 Å². The maximum atomic E-state index is 13.4. The summed E-state index contributed by atoms with van der Waals surface area (Å²) in [6, 6.07) is 7.59. The van der Waals surface area contributed by atoms with Gasteiger partial charge in [-0.05, 0) is 36.8 Å². The number of nitrogens with one attached hydrogen (secondary N) is 1. The van der Waals surface area contributed by atoms with Crippen LogP contribution in [0.2, 0.25) is 0 Å². The number of hydrazine groups is 1. The van der Waals surface area contributed by atoms with E-state index in [0.717, 1.165) is 5.12 Å². The highest BCUT2D eigenvalue weighted by Crippen LogP contribution is 2.18. The van der Waals surface area contributed by atoms with Gasteiger partial charge in [-0.25, -0.2) is 20.3 Å². The molecule has 0 unspecified atom stereocenters. The molecule has 0 bridgehead atoms. The van der Waals surface area contributed by atoms with Gasteiger partial charge in [-0.3, -0.25) is 4.79 Å². The molecule has 0 atom stereocenters. The van der Waals surface area contributed by atoms with E-state index in [2.05, 4.69) is 15.4 Å². The number of benzene rings is 1. The van der Waals surface area contributed by atoms with Gasteiger partial charge in [0.15, 0.2) is 17.4 Å². The van der Waals surface area contributed by atoms with Crippen molar-refractivity contribution in [3.8, 4) is 5.75 Å². The smallest absolute Gasteiger partial charge is 0.270 e. The summed E-state index contributed by atoms with van der Waals surface area (Å²) in [6.07, 6.45) is 9.00. The lowest BCUT2D eigenvalue weighted by Gasteiger charge is -2.10. The lowest BCUT2D eigenvalue weighted by Crippen LogP contribution is -2.27. The number of carbonyl (C=O) groups excluding carboxylic acids is 1. The number of pyridine rings is 1. The monoisotopic (exact) mass is 444 g/mol. The summed E-state index contributed by atoms with van der Waals surface area (Å²) in [7, 11) is 2.91. The minimum Gasteiger partial charge on any atom is -0.494 e. The first-order chi connectivity index (χ1) is 15.3. The first-order valence-electron chi connectivity index (χ1n) is 10.7. The molecule has 32 heavy (non-hydrogen) atoms. The van der Waals surface area contributed by atoms with Crippen molar-refractivity contribution >= 4 is 11.7 Å². The molecular weight excluding hydrogens is 411 g/mol. The molecule has 8 nitrogen and oxygen atoms in total. The molecule has 1 aliphatic rings. The Morgan fingerprint density at radius 3 is 2.38 bits per heavy atom. The number of ether oxygens (including phenoxy) is 1. The zero-order chi connectivity index (χ0) is 23.5. The van der Waals surface area contributed by atoms with Gasteiger partial charge in [-0.15, -0.1) is 5.10 Å². The van der Waals surface area contributed by atoms with Gasteiger partial charge in [0.2, 0.25) is 0 Å². The number of aromatic nitrogens is 1.